The van der Waals surface area contributed by atoms with E-state index in [1.807, 2.05) is 11.9 Å². The van der Waals surface area contributed by atoms with Crippen molar-refractivity contribution in [3.05, 3.63) is 23.8 Å². The molecular weight excluding hydrogens is 208 g/mol. The fraction of sp³-hybridized carbons (Fsp3) is 0.273. The number of likely N-dealkylation sites (N-methyl/N-ethyl adjacent to an activating group) is 1. The predicted molar refractivity (Wildman–Crippen MR) is 59.9 cm³/mol. The van der Waals surface area contributed by atoms with Crippen molar-refractivity contribution < 1.29 is 14.7 Å². The second-order valence-corrected chi connectivity index (χ2v) is 3.81. The summed E-state index contributed by atoms with van der Waals surface area (Å²) in [5.41, 5.74) is 1.55. The molecule has 2 N–H and O–H groups in total. The third-order valence-electron chi connectivity index (χ3n) is 2.84. The van der Waals surface area contributed by atoms with Crippen molar-refractivity contribution in [2.24, 2.45) is 0 Å². The molecule has 1 aromatic carbocycles. The molecular formula is C11H12N2O3. The van der Waals surface area contributed by atoms with Gasteiger partial charge in [0.25, 0.3) is 0 Å². The first-order chi connectivity index (χ1) is 7.50. The normalized spacial score (nSPS) is 19.0. The van der Waals surface area contributed by atoms with E-state index in [0.717, 1.165) is 5.69 Å². The van der Waals surface area contributed by atoms with E-state index in [9.17, 15) is 9.59 Å². The average Bonchev–Trinajstić information content (AvgIpc) is 2.25. The number of anilines is 2. The standard InChI is InChI=1S/C11H12N2O3/c1-6-10(14)12-8-5-7(11(15)16)3-4-9(8)13(6)2/h3-6H,1-2H3,(H,12,14)(H,15,16)/t6-/m0/s1. The summed E-state index contributed by atoms with van der Waals surface area (Å²) < 4.78 is 0. The largest absolute Gasteiger partial charge is 0.478 e. The lowest BCUT2D eigenvalue weighted by Crippen LogP contribution is -2.43. The lowest BCUT2D eigenvalue weighted by molar-refractivity contribution is -0.117. The van der Waals surface area contributed by atoms with Crippen molar-refractivity contribution >= 4 is 23.3 Å². The van der Waals surface area contributed by atoms with Gasteiger partial charge < -0.3 is 15.3 Å². The van der Waals surface area contributed by atoms with Gasteiger partial charge in [-0.25, -0.2) is 4.79 Å². The molecule has 0 saturated heterocycles. The summed E-state index contributed by atoms with van der Waals surface area (Å²) in [4.78, 5) is 24.2. The first kappa shape index (κ1) is 10.5. The molecule has 0 unspecified atom stereocenters. The number of benzene rings is 1. The molecule has 0 spiro atoms. The first-order valence-electron chi connectivity index (χ1n) is 4.91. The zero-order chi connectivity index (χ0) is 11.9. The van der Waals surface area contributed by atoms with Crippen LogP contribution in [0.25, 0.3) is 0 Å². The molecule has 1 atom stereocenters. The van der Waals surface area contributed by atoms with Crippen LogP contribution in [0.4, 0.5) is 11.4 Å². The van der Waals surface area contributed by atoms with Crippen LogP contribution in [0.15, 0.2) is 18.2 Å². The maximum atomic E-state index is 11.5. The fourth-order valence-electron chi connectivity index (χ4n) is 1.70. The molecule has 0 saturated carbocycles. The van der Waals surface area contributed by atoms with E-state index < -0.39 is 5.97 Å². The number of hydrogen-bond acceptors (Lipinski definition) is 3. The smallest absolute Gasteiger partial charge is 0.335 e. The Morgan fingerprint density at radius 3 is 2.81 bits per heavy atom. The summed E-state index contributed by atoms with van der Waals surface area (Å²) in [6.07, 6.45) is 0. The van der Waals surface area contributed by atoms with Gasteiger partial charge in [-0.05, 0) is 25.1 Å². The number of nitrogens with one attached hydrogen (secondary N) is 1. The molecule has 2 rings (SSSR count). The van der Waals surface area contributed by atoms with Gasteiger partial charge in [-0.15, -0.1) is 0 Å². The second kappa shape index (κ2) is 3.52. The summed E-state index contributed by atoms with van der Waals surface area (Å²) in [7, 11) is 1.81. The molecule has 5 nitrogen and oxygen atoms in total. The Hall–Kier alpha value is -2.04. The Morgan fingerprint density at radius 2 is 2.19 bits per heavy atom. The number of fused-ring (bicyclic) bond motifs is 1. The summed E-state index contributed by atoms with van der Waals surface area (Å²) in [5.74, 6) is -1.13. The number of carbonyl (C=O) groups excluding carboxylic acids is 1. The number of carbonyl (C=O) groups is 2. The maximum Gasteiger partial charge on any atom is 0.335 e. The van der Waals surface area contributed by atoms with Crippen LogP contribution in [0.3, 0.4) is 0 Å². The highest BCUT2D eigenvalue weighted by Crippen LogP contribution is 2.31. The minimum Gasteiger partial charge on any atom is -0.478 e. The van der Waals surface area contributed by atoms with Crippen LogP contribution >= 0.6 is 0 Å². The number of carboxylic acid groups (broad SMARTS) is 1. The lowest BCUT2D eigenvalue weighted by atomic mass is 10.1. The number of carboxylic acids is 1. The molecule has 0 fully saturated rings. The fourth-order valence-corrected chi connectivity index (χ4v) is 1.70. The van der Waals surface area contributed by atoms with Crippen molar-refractivity contribution in [3.8, 4) is 0 Å². The Bertz CT molecular complexity index is 470. The zero-order valence-corrected chi connectivity index (χ0v) is 9.02. The van der Waals surface area contributed by atoms with E-state index in [2.05, 4.69) is 5.32 Å². The molecule has 0 radical (unpaired) electrons. The molecule has 0 aliphatic carbocycles. The Labute approximate surface area is 92.7 Å². The van der Waals surface area contributed by atoms with Crippen LogP contribution in [0.2, 0.25) is 0 Å². The average molecular weight is 220 g/mol. The lowest BCUT2D eigenvalue weighted by Gasteiger charge is -2.33. The summed E-state index contributed by atoms with van der Waals surface area (Å²) in [5, 5.41) is 11.5. The zero-order valence-electron chi connectivity index (χ0n) is 9.02. The van der Waals surface area contributed by atoms with Crippen LogP contribution in [-0.2, 0) is 4.79 Å². The second-order valence-electron chi connectivity index (χ2n) is 3.81. The monoisotopic (exact) mass is 220 g/mol. The number of amides is 1. The highest BCUT2D eigenvalue weighted by Gasteiger charge is 2.27. The quantitative estimate of drug-likeness (QED) is 0.745. The third-order valence-corrected chi connectivity index (χ3v) is 2.84. The van der Waals surface area contributed by atoms with Gasteiger partial charge >= 0.3 is 5.97 Å². The molecule has 16 heavy (non-hydrogen) atoms. The van der Waals surface area contributed by atoms with Crippen LogP contribution in [0.5, 0.6) is 0 Å². The Morgan fingerprint density at radius 1 is 1.50 bits per heavy atom. The van der Waals surface area contributed by atoms with Crippen molar-refractivity contribution in [3.63, 3.8) is 0 Å². The van der Waals surface area contributed by atoms with Gasteiger partial charge in [0.15, 0.2) is 0 Å². The van der Waals surface area contributed by atoms with Crippen LogP contribution < -0.4 is 10.2 Å². The van der Waals surface area contributed by atoms with Gasteiger partial charge in [-0.1, -0.05) is 0 Å². The predicted octanol–water partition coefficient (Wildman–Crippen LogP) is 1.16. The molecule has 0 bridgehead atoms. The van der Waals surface area contributed by atoms with Gasteiger partial charge in [0.1, 0.15) is 6.04 Å². The first-order valence-corrected chi connectivity index (χ1v) is 4.91. The minimum absolute atomic E-state index is 0.127. The van der Waals surface area contributed by atoms with Gasteiger partial charge in [-0.2, -0.15) is 0 Å². The topological polar surface area (TPSA) is 69.6 Å². The molecule has 84 valence electrons. The van der Waals surface area contributed by atoms with Gasteiger partial charge in [-0.3, -0.25) is 4.79 Å². The van der Waals surface area contributed by atoms with Gasteiger partial charge in [0.05, 0.1) is 16.9 Å². The van der Waals surface area contributed by atoms with Crippen molar-refractivity contribution in [2.45, 2.75) is 13.0 Å². The summed E-state index contributed by atoms with van der Waals surface area (Å²) in [6, 6.07) is 4.46. The van der Waals surface area contributed by atoms with E-state index in [4.69, 9.17) is 5.11 Å². The van der Waals surface area contributed by atoms with E-state index in [1.54, 1.807) is 13.0 Å². The molecule has 1 aromatic rings. The maximum absolute atomic E-state index is 11.5. The number of aromatic carboxylic acids is 1. The number of nitrogens with zero attached hydrogens (tertiary/aromatic N) is 1. The van der Waals surface area contributed by atoms with Crippen molar-refractivity contribution in [2.75, 3.05) is 17.3 Å². The Kier molecular flexibility index (Phi) is 2.30. The van der Waals surface area contributed by atoms with Crippen LogP contribution in [0, 0.1) is 0 Å². The van der Waals surface area contributed by atoms with E-state index >= 15 is 0 Å². The Balaban J connectivity index is 2.49. The SMILES string of the molecule is C[C@H]1C(=O)Nc2cc(C(=O)O)ccc2N1C. The highest BCUT2D eigenvalue weighted by molar-refractivity contribution is 6.04. The van der Waals surface area contributed by atoms with Crippen LogP contribution in [-0.4, -0.2) is 30.1 Å². The summed E-state index contributed by atoms with van der Waals surface area (Å²) >= 11 is 0. The number of rotatable bonds is 1. The molecule has 1 aliphatic rings. The van der Waals surface area contributed by atoms with Crippen molar-refractivity contribution in [1.82, 2.24) is 0 Å². The molecule has 5 heteroatoms. The van der Waals surface area contributed by atoms with Crippen LogP contribution in [0.1, 0.15) is 17.3 Å². The number of hydrogen-bond donors (Lipinski definition) is 2. The third kappa shape index (κ3) is 1.50. The molecule has 1 amide bonds. The minimum atomic E-state index is -1.00. The van der Waals surface area contributed by atoms with E-state index in [1.165, 1.54) is 12.1 Å². The highest BCUT2D eigenvalue weighted by atomic mass is 16.4. The van der Waals surface area contributed by atoms with E-state index in [-0.39, 0.29) is 17.5 Å². The van der Waals surface area contributed by atoms with Gasteiger partial charge in [0, 0.05) is 7.05 Å². The summed E-state index contributed by atoms with van der Waals surface area (Å²) in [6.45, 7) is 1.80. The van der Waals surface area contributed by atoms with E-state index in [0.29, 0.717) is 5.69 Å². The molecule has 1 heterocycles. The van der Waals surface area contributed by atoms with Gasteiger partial charge in [0.2, 0.25) is 5.91 Å². The molecule has 0 aromatic heterocycles. The molecule has 1 aliphatic heterocycles. The van der Waals surface area contributed by atoms with Crippen molar-refractivity contribution in [1.29, 1.82) is 0 Å².